The number of hydrogen-bond acceptors (Lipinski definition) is 7. The SMILES string of the molecule is C=C(COC(=O)[C@](O)(CCCC(C)(C)O)CC(=O)OCC(F)(F)F)OC. The Morgan fingerprint density at radius 2 is 1.65 bits per heavy atom. The van der Waals surface area contributed by atoms with Crippen molar-refractivity contribution in [3.63, 3.8) is 0 Å². The van der Waals surface area contributed by atoms with E-state index in [1.54, 1.807) is 0 Å². The number of aliphatic hydroxyl groups is 2. The van der Waals surface area contributed by atoms with Gasteiger partial charge in [-0.3, -0.25) is 4.79 Å². The Hall–Kier alpha value is -1.81. The molecule has 0 aromatic carbocycles. The van der Waals surface area contributed by atoms with Crippen molar-refractivity contribution in [3.8, 4) is 0 Å². The molecule has 0 rings (SSSR count). The highest BCUT2D eigenvalue weighted by Crippen LogP contribution is 2.25. The monoisotopic (exact) mass is 386 g/mol. The number of rotatable bonds is 11. The summed E-state index contributed by atoms with van der Waals surface area (Å²) in [6, 6.07) is 0. The number of esters is 2. The Balaban J connectivity index is 4.98. The van der Waals surface area contributed by atoms with E-state index in [0.717, 1.165) is 0 Å². The normalized spacial score (nSPS) is 14.3. The molecule has 7 nitrogen and oxygen atoms in total. The van der Waals surface area contributed by atoms with Gasteiger partial charge in [-0.15, -0.1) is 0 Å². The number of alkyl halides is 3. The number of carbonyl (C=O) groups excluding carboxylic acids is 2. The van der Waals surface area contributed by atoms with E-state index >= 15 is 0 Å². The third-order valence-electron chi connectivity index (χ3n) is 3.25. The molecular weight excluding hydrogens is 361 g/mol. The van der Waals surface area contributed by atoms with Crippen molar-refractivity contribution in [2.75, 3.05) is 20.3 Å². The van der Waals surface area contributed by atoms with Gasteiger partial charge in [0, 0.05) is 0 Å². The zero-order valence-corrected chi connectivity index (χ0v) is 15.0. The van der Waals surface area contributed by atoms with Gasteiger partial charge in [0.25, 0.3) is 0 Å². The number of ether oxygens (including phenoxy) is 3. The van der Waals surface area contributed by atoms with Crippen molar-refractivity contribution in [1.29, 1.82) is 0 Å². The molecule has 0 saturated heterocycles. The maximum Gasteiger partial charge on any atom is 0.422 e. The summed E-state index contributed by atoms with van der Waals surface area (Å²) in [6.07, 6.45) is -5.80. The maximum absolute atomic E-state index is 12.1. The van der Waals surface area contributed by atoms with Crippen LogP contribution in [0.25, 0.3) is 0 Å². The highest BCUT2D eigenvalue weighted by molar-refractivity contribution is 5.85. The van der Waals surface area contributed by atoms with Crippen molar-refractivity contribution in [1.82, 2.24) is 0 Å². The fourth-order valence-electron chi connectivity index (χ4n) is 1.87. The summed E-state index contributed by atoms with van der Waals surface area (Å²) in [5.74, 6) is -2.57. The molecular formula is C16H25F3O7. The van der Waals surface area contributed by atoms with Gasteiger partial charge in [-0.05, 0) is 33.1 Å². The average molecular weight is 386 g/mol. The van der Waals surface area contributed by atoms with Gasteiger partial charge in [0.15, 0.2) is 12.2 Å². The molecule has 152 valence electrons. The number of carbonyl (C=O) groups is 2. The topological polar surface area (TPSA) is 102 Å². The molecule has 10 heteroatoms. The van der Waals surface area contributed by atoms with Gasteiger partial charge in [-0.25, -0.2) is 4.79 Å². The van der Waals surface area contributed by atoms with Gasteiger partial charge >= 0.3 is 18.1 Å². The van der Waals surface area contributed by atoms with Gasteiger partial charge in [-0.2, -0.15) is 13.2 Å². The fourth-order valence-corrected chi connectivity index (χ4v) is 1.87. The minimum atomic E-state index is -4.73. The largest absolute Gasteiger partial charge is 0.498 e. The van der Waals surface area contributed by atoms with Crippen LogP contribution in [0, 0.1) is 0 Å². The highest BCUT2D eigenvalue weighted by Gasteiger charge is 2.41. The van der Waals surface area contributed by atoms with Crippen molar-refractivity contribution >= 4 is 11.9 Å². The van der Waals surface area contributed by atoms with Gasteiger partial charge in [-0.1, -0.05) is 6.58 Å². The van der Waals surface area contributed by atoms with Gasteiger partial charge in [0.1, 0.15) is 12.4 Å². The quantitative estimate of drug-likeness (QED) is 0.413. The Kier molecular flexibility index (Phi) is 9.09. The number of methoxy groups -OCH3 is 1. The maximum atomic E-state index is 12.1. The summed E-state index contributed by atoms with van der Waals surface area (Å²) in [5.41, 5.74) is -3.49. The summed E-state index contributed by atoms with van der Waals surface area (Å²) in [4.78, 5) is 23.7. The van der Waals surface area contributed by atoms with Crippen molar-refractivity contribution in [2.45, 2.75) is 56.9 Å². The number of hydrogen-bond donors (Lipinski definition) is 2. The van der Waals surface area contributed by atoms with Gasteiger partial charge < -0.3 is 24.4 Å². The molecule has 0 saturated carbocycles. The first kappa shape index (κ1) is 24.2. The van der Waals surface area contributed by atoms with Gasteiger partial charge in [0.2, 0.25) is 0 Å². The first-order valence-corrected chi connectivity index (χ1v) is 7.75. The number of halogens is 3. The van der Waals surface area contributed by atoms with Gasteiger partial charge in [0.05, 0.1) is 19.1 Å². The first-order chi connectivity index (χ1) is 11.7. The Morgan fingerprint density at radius 3 is 2.12 bits per heavy atom. The second-order valence-corrected chi connectivity index (χ2v) is 6.47. The van der Waals surface area contributed by atoms with Crippen LogP contribution >= 0.6 is 0 Å². The lowest BCUT2D eigenvalue weighted by Gasteiger charge is -2.26. The molecule has 1 atom stereocenters. The van der Waals surface area contributed by atoms with Crippen LogP contribution in [0.5, 0.6) is 0 Å². The van der Waals surface area contributed by atoms with Crippen molar-refractivity contribution in [3.05, 3.63) is 12.3 Å². The smallest absolute Gasteiger partial charge is 0.422 e. The lowest BCUT2D eigenvalue weighted by molar-refractivity contribution is -0.192. The molecule has 0 aliphatic heterocycles. The lowest BCUT2D eigenvalue weighted by Crippen LogP contribution is -2.43. The van der Waals surface area contributed by atoms with Crippen LogP contribution in [0.4, 0.5) is 13.2 Å². The van der Waals surface area contributed by atoms with E-state index in [-0.39, 0.29) is 25.0 Å². The summed E-state index contributed by atoms with van der Waals surface area (Å²) in [6.45, 7) is 4.18. The Morgan fingerprint density at radius 1 is 1.08 bits per heavy atom. The van der Waals surface area contributed by atoms with E-state index in [4.69, 9.17) is 9.47 Å². The molecule has 0 aliphatic carbocycles. The molecule has 0 aromatic heterocycles. The zero-order valence-electron chi connectivity index (χ0n) is 15.0. The molecule has 0 aliphatic rings. The fraction of sp³-hybridized carbons (Fsp3) is 0.750. The van der Waals surface area contributed by atoms with E-state index in [9.17, 15) is 33.0 Å². The predicted molar refractivity (Wildman–Crippen MR) is 83.8 cm³/mol. The average Bonchev–Trinajstić information content (AvgIpc) is 2.48. The second-order valence-electron chi connectivity index (χ2n) is 6.47. The standard InChI is InChI=1S/C16H25F3O7/c1-11(24-4)9-25-13(21)15(23,7-5-6-14(2,3)22)8-12(20)26-10-16(17,18)19/h22-23H,1,5-10H2,2-4H3/t15-/m0/s1. The van der Waals surface area contributed by atoms with Crippen molar-refractivity contribution < 1.29 is 47.2 Å². The summed E-state index contributed by atoms with van der Waals surface area (Å²) >= 11 is 0. The molecule has 0 radical (unpaired) electrons. The van der Waals surface area contributed by atoms with E-state index in [1.807, 2.05) is 0 Å². The second kappa shape index (κ2) is 9.77. The molecule has 0 bridgehead atoms. The molecule has 26 heavy (non-hydrogen) atoms. The lowest BCUT2D eigenvalue weighted by atomic mass is 9.90. The van der Waals surface area contributed by atoms with E-state index < -0.39 is 49.0 Å². The molecule has 0 unspecified atom stereocenters. The summed E-state index contributed by atoms with van der Waals surface area (Å²) in [5, 5.41) is 20.1. The first-order valence-electron chi connectivity index (χ1n) is 7.75. The van der Waals surface area contributed by atoms with Crippen LogP contribution in [0.2, 0.25) is 0 Å². The molecule has 0 heterocycles. The third kappa shape index (κ3) is 10.9. The van der Waals surface area contributed by atoms with Crippen LogP contribution in [0.1, 0.15) is 39.5 Å². The minimum absolute atomic E-state index is 0.0665. The third-order valence-corrected chi connectivity index (χ3v) is 3.25. The molecule has 0 spiro atoms. The summed E-state index contributed by atoms with van der Waals surface area (Å²) in [7, 11) is 1.28. The van der Waals surface area contributed by atoms with Crippen LogP contribution in [0.3, 0.4) is 0 Å². The molecule has 0 fully saturated rings. The van der Waals surface area contributed by atoms with Crippen LogP contribution < -0.4 is 0 Å². The van der Waals surface area contributed by atoms with E-state index in [2.05, 4.69) is 11.3 Å². The van der Waals surface area contributed by atoms with Crippen LogP contribution in [-0.4, -0.2) is 59.9 Å². The minimum Gasteiger partial charge on any atom is -0.498 e. The summed E-state index contributed by atoms with van der Waals surface area (Å²) < 4.78 is 49.8. The van der Waals surface area contributed by atoms with Crippen LogP contribution in [-0.2, 0) is 23.8 Å². The Bertz CT molecular complexity index is 497. The highest BCUT2D eigenvalue weighted by atomic mass is 19.4. The molecule has 2 N–H and O–H groups in total. The zero-order chi connectivity index (χ0) is 20.6. The molecule has 0 aromatic rings. The van der Waals surface area contributed by atoms with Crippen LogP contribution in [0.15, 0.2) is 12.3 Å². The predicted octanol–water partition coefficient (Wildman–Crippen LogP) is 1.86. The van der Waals surface area contributed by atoms with Crippen molar-refractivity contribution in [2.24, 2.45) is 0 Å². The molecule has 0 amide bonds. The van der Waals surface area contributed by atoms with E-state index in [0.29, 0.717) is 0 Å². The Labute approximate surface area is 149 Å². The van der Waals surface area contributed by atoms with E-state index in [1.165, 1.54) is 21.0 Å².